The van der Waals surface area contributed by atoms with Crippen LogP contribution in [0.1, 0.15) is 23.0 Å². The fraction of sp³-hybridized carbons (Fsp3) is 0.182. The predicted octanol–water partition coefficient (Wildman–Crippen LogP) is 4.28. The Bertz CT molecular complexity index is 1150. The maximum absolute atomic E-state index is 12.9. The van der Waals surface area contributed by atoms with Crippen LogP contribution in [-0.4, -0.2) is 22.6 Å². The molecule has 0 aliphatic carbocycles. The van der Waals surface area contributed by atoms with Crippen LogP contribution in [0.3, 0.4) is 0 Å². The minimum atomic E-state index is -0.391. The van der Waals surface area contributed by atoms with Crippen LogP contribution in [0.15, 0.2) is 65.5 Å². The van der Waals surface area contributed by atoms with Crippen LogP contribution in [0.4, 0.5) is 0 Å². The standard InChI is InChI=1S/C22H20ClN3O3/c1-26-10-9-24-22(26)21(14-3-5-16(23)6-4-14)25-20(27)11-15-13-29-19-12-17(28-2)7-8-18(15)19/h3-10,12-13,21H,11H2,1-2H3,(H,25,27)/t21-/m1/s1. The number of methoxy groups -OCH3 is 1. The maximum atomic E-state index is 12.9. The molecule has 0 aliphatic heterocycles. The summed E-state index contributed by atoms with van der Waals surface area (Å²) in [5, 5.41) is 4.62. The van der Waals surface area contributed by atoms with Gasteiger partial charge in [-0.1, -0.05) is 23.7 Å². The Kier molecular flexibility index (Phi) is 5.27. The van der Waals surface area contributed by atoms with E-state index < -0.39 is 6.04 Å². The molecule has 0 unspecified atom stereocenters. The van der Waals surface area contributed by atoms with Gasteiger partial charge >= 0.3 is 0 Å². The van der Waals surface area contributed by atoms with Gasteiger partial charge in [-0.15, -0.1) is 0 Å². The van der Waals surface area contributed by atoms with Crippen molar-refractivity contribution in [2.45, 2.75) is 12.5 Å². The smallest absolute Gasteiger partial charge is 0.225 e. The van der Waals surface area contributed by atoms with Crippen molar-refractivity contribution < 1.29 is 13.9 Å². The number of imidazole rings is 1. The molecule has 29 heavy (non-hydrogen) atoms. The second kappa shape index (κ2) is 8.01. The van der Waals surface area contributed by atoms with Crippen molar-refractivity contribution in [1.29, 1.82) is 0 Å². The van der Waals surface area contributed by atoms with Crippen LogP contribution < -0.4 is 10.1 Å². The number of halogens is 1. The molecule has 1 amide bonds. The highest BCUT2D eigenvalue weighted by Gasteiger charge is 2.21. The molecule has 4 aromatic rings. The third-order valence-electron chi connectivity index (χ3n) is 4.84. The van der Waals surface area contributed by atoms with E-state index in [9.17, 15) is 4.79 Å². The summed E-state index contributed by atoms with van der Waals surface area (Å²) in [4.78, 5) is 17.3. The molecule has 0 fully saturated rings. The number of amides is 1. The second-order valence-electron chi connectivity index (χ2n) is 6.75. The summed E-state index contributed by atoms with van der Waals surface area (Å²) in [5.41, 5.74) is 2.40. The maximum Gasteiger partial charge on any atom is 0.225 e. The molecule has 1 N–H and O–H groups in total. The number of hydrogen-bond donors (Lipinski definition) is 1. The first-order valence-corrected chi connectivity index (χ1v) is 9.49. The first-order chi connectivity index (χ1) is 14.0. The zero-order valence-corrected chi connectivity index (χ0v) is 16.8. The molecule has 1 atom stereocenters. The van der Waals surface area contributed by atoms with Gasteiger partial charge in [0, 0.05) is 41.5 Å². The molecule has 7 heteroatoms. The fourth-order valence-electron chi connectivity index (χ4n) is 3.32. The minimum absolute atomic E-state index is 0.133. The molecule has 4 rings (SSSR count). The van der Waals surface area contributed by atoms with Crippen LogP contribution in [0.5, 0.6) is 5.75 Å². The van der Waals surface area contributed by atoms with Gasteiger partial charge in [0.2, 0.25) is 5.91 Å². The zero-order chi connectivity index (χ0) is 20.4. The topological polar surface area (TPSA) is 69.3 Å². The van der Waals surface area contributed by atoms with Crippen molar-refractivity contribution in [1.82, 2.24) is 14.9 Å². The van der Waals surface area contributed by atoms with Crippen LogP contribution >= 0.6 is 11.6 Å². The van der Waals surface area contributed by atoms with Gasteiger partial charge in [0.25, 0.3) is 0 Å². The SMILES string of the molecule is COc1ccc2c(CC(=O)N[C@H](c3ccc(Cl)cc3)c3nccn3C)coc2c1. The first-order valence-electron chi connectivity index (χ1n) is 9.11. The Morgan fingerprint density at radius 3 is 2.76 bits per heavy atom. The Labute approximate surface area is 173 Å². The fourth-order valence-corrected chi connectivity index (χ4v) is 3.45. The normalized spacial score (nSPS) is 12.1. The van der Waals surface area contributed by atoms with Crippen molar-refractivity contribution in [2.24, 2.45) is 7.05 Å². The highest BCUT2D eigenvalue weighted by Crippen LogP contribution is 2.27. The summed E-state index contributed by atoms with van der Waals surface area (Å²) in [6.45, 7) is 0. The number of aromatic nitrogens is 2. The van der Waals surface area contributed by atoms with Crippen LogP contribution in [0.25, 0.3) is 11.0 Å². The number of rotatable bonds is 6. The molecule has 148 valence electrons. The van der Waals surface area contributed by atoms with Crippen molar-refractivity contribution in [3.05, 3.63) is 83.1 Å². The van der Waals surface area contributed by atoms with Crippen molar-refractivity contribution >= 4 is 28.5 Å². The number of aryl methyl sites for hydroxylation is 1. The van der Waals surface area contributed by atoms with Gasteiger partial charge in [-0.05, 0) is 29.8 Å². The van der Waals surface area contributed by atoms with Gasteiger partial charge in [0.1, 0.15) is 23.2 Å². The number of fused-ring (bicyclic) bond motifs is 1. The summed E-state index contributed by atoms with van der Waals surface area (Å²) < 4.78 is 12.7. The van der Waals surface area contributed by atoms with E-state index in [1.165, 1.54) is 0 Å². The quantitative estimate of drug-likeness (QED) is 0.516. The molecule has 2 heterocycles. The summed E-state index contributed by atoms with van der Waals surface area (Å²) in [7, 11) is 3.50. The third-order valence-corrected chi connectivity index (χ3v) is 5.09. The zero-order valence-electron chi connectivity index (χ0n) is 16.1. The van der Waals surface area contributed by atoms with E-state index in [2.05, 4.69) is 10.3 Å². The summed E-state index contributed by atoms with van der Waals surface area (Å²) >= 11 is 6.02. The lowest BCUT2D eigenvalue weighted by Crippen LogP contribution is -2.32. The van der Waals surface area contributed by atoms with Gasteiger partial charge in [-0.2, -0.15) is 0 Å². The predicted molar refractivity (Wildman–Crippen MR) is 111 cm³/mol. The summed E-state index contributed by atoms with van der Waals surface area (Å²) in [6.07, 6.45) is 5.36. The number of hydrogen-bond acceptors (Lipinski definition) is 4. The van der Waals surface area contributed by atoms with Crippen molar-refractivity contribution in [3.8, 4) is 5.75 Å². The molecule has 0 bridgehead atoms. The van der Waals surface area contributed by atoms with Crippen LogP contribution in [-0.2, 0) is 18.3 Å². The molecule has 0 saturated carbocycles. The molecular formula is C22H20ClN3O3. The lowest BCUT2D eigenvalue weighted by Gasteiger charge is -2.19. The number of benzene rings is 2. The Hall–Kier alpha value is -3.25. The minimum Gasteiger partial charge on any atom is -0.497 e. The van der Waals surface area contributed by atoms with Crippen molar-refractivity contribution in [3.63, 3.8) is 0 Å². The van der Waals surface area contributed by atoms with Crippen LogP contribution in [0.2, 0.25) is 5.02 Å². The number of nitrogens with one attached hydrogen (secondary N) is 1. The van der Waals surface area contributed by atoms with E-state index in [-0.39, 0.29) is 12.3 Å². The van der Waals surface area contributed by atoms with Gasteiger partial charge in [-0.3, -0.25) is 4.79 Å². The number of furan rings is 1. The largest absolute Gasteiger partial charge is 0.497 e. The average Bonchev–Trinajstić information content (AvgIpc) is 3.32. The highest BCUT2D eigenvalue weighted by atomic mass is 35.5. The monoisotopic (exact) mass is 409 g/mol. The van der Waals surface area contributed by atoms with E-state index in [1.807, 2.05) is 42.1 Å². The van der Waals surface area contributed by atoms with E-state index >= 15 is 0 Å². The summed E-state index contributed by atoms with van der Waals surface area (Å²) in [6, 6.07) is 12.5. The average molecular weight is 410 g/mol. The second-order valence-corrected chi connectivity index (χ2v) is 7.18. The van der Waals surface area contributed by atoms with Crippen molar-refractivity contribution in [2.75, 3.05) is 7.11 Å². The molecule has 0 spiro atoms. The molecule has 0 aliphatic rings. The van der Waals surface area contributed by atoms with Gasteiger partial charge in [0.15, 0.2) is 0 Å². The molecule has 0 saturated heterocycles. The Balaban J connectivity index is 1.58. The van der Waals surface area contributed by atoms with Gasteiger partial charge in [0.05, 0.1) is 19.8 Å². The highest BCUT2D eigenvalue weighted by molar-refractivity contribution is 6.30. The molecule has 6 nitrogen and oxygen atoms in total. The molecule has 2 aromatic carbocycles. The van der Waals surface area contributed by atoms with Gasteiger partial charge < -0.3 is 19.0 Å². The Morgan fingerprint density at radius 1 is 1.28 bits per heavy atom. The number of nitrogens with zero attached hydrogens (tertiary/aromatic N) is 2. The number of ether oxygens (including phenoxy) is 1. The third kappa shape index (κ3) is 3.98. The number of carbonyl (C=O) groups excluding carboxylic acids is 1. The lowest BCUT2D eigenvalue weighted by atomic mass is 10.0. The molecular weight excluding hydrogens is 390 g/mol. The first kappa shape index (κ1) is 19.1. The molecule has 0 radical (unpaired) electrons. The van der Waals surface area contributed by atoms with E-state index in [0.29, 0.717) is 16.4 Å². The van der Waals surface area contributed by atoms with E-state index in [1.54, 1.807) is 37.8 Å². The molecule has 2 aromatic heterocycles. The number of carbonyl (C=O) groups is 1. The lowest BCUT2D eigenvalue weighted by molar-refractivity contribution is -0.121. The van der Waals surface area contributed by atoms with Crippen LogP contribution in [0, 0.1) is 0 Å². The summed E-state index contributed by atoms with van der Waals surface area (Å²) in [5.74, 6) is 1.31. The Morgan fingerprint density at radius 2 is 2.07 bits per heavy atom. The van der Waals surface area contributed by atoms with Gasteiger partial charge in [-0.25, -0.2) is 4.98 Å². The van der Waals surface area contributed by atoms with E-state index in [0.717, 1.165) is 22.3 Å². The van der Waals surface area contributed by atoms with E-state index in [4.69, 9.17) is 20.8 Å².